The average molecular weight is 373 g/mol. The van der Waals surface area contributed by atoms with Gasteiger partial charge in [-0.1, -0.05) is 6.07 Å². The first-order valence-electron chi connectivity index (χ1n) is 9.01. The maximum absolute atomic E-state index is 9.93. The summed E-state index contributed by atoms with van der Waals surface area (Å²) in [4.78, 5) is 15.9. The van der Waals surface area contributed by atoms with Crippen molar-refractivity contribution in [3.63, 3.8) is 0 Å². The minimum absolute atomic E-state index is 0.451. The lowest BCUT2D eigenvalue weighted by molar-refractivity contribution is 0.122. The molecule has 1 fully saturated rings. The molecule has 2 aromatic heterocycles. The number of hydrogen-bond donors (Lipinski definition) is 0. The molecular weight excluding hydrogens is 354 g/mol. The van der Waals surface area contributed by atoms with Gasteiger partial charge in [0.2, 0.25) is 0 Å². The van der Waals surface area contributed by atoms with E-state index in [0.29, 0.717) is 54.9 Å². The number of ether oxygens (including phenoxy) is 2. The molecule has 0 aliphatic carbocycles. The van der Waals surface area contributed by atoms with Crippen LogP contribution in [0.15, 0.2) is 48.7 Å². The van der Waals surface area contributed by atoms with Crippen LogP contribution < -0.4 is 9.64 Å². The van der Waals surface area contributed by atoms with E-state index in [1.54, 1.807) is 13.3 Å². The van der Waals surface area contributed by atoms with Gasteiger partial charge in [0.05, 0.1) is 26.0 Å². The normalized spacial score (nSPS) is 13.8. The van der Waals surface area contributed by atoms with Gasteiger partial charge in [0, 0.05) is 24.8 Å². The van der Waals surface area contributed by atoms with Gasteiger partial charge in [0.25, 0.3) is 0 Å². The molecule has 0 bridgehead atoms. The van der Waals surface area contributed by atoms with E-state index in [1.807, 2.05) is 42.5 Å². The third-order valence-electron chi connectivity index (χ3n) is 4.57. The lowest BCUT2D eigenvalue weighted by Gasteiger charge is -2.29. The molecule has 1 aliphatic rings. The second-order valence-electron chi connectivity index (χ2n) is 6.25. The first-order chi connectivity index (χ1) is 13.8. The SMILES string of the molecule is COc1ccc(-c2nc(-c3ccccn3)nc(N3CCOCC3)c2C#N)cc1. The molecule has 3 heterocycles. The highest BCUT2D eigenvalue weighted by atomic mass is 16.5. The molecule has 28 heavy (non-hydrogen) atoms. The van der Waals surface area contributed by atoms with Crippen LogP contribution in [-0.4, -0.2) is 48.4 Å². The Morgan fingerprint density at radius 3 is 2.50 bits per heavy atom. The zero-order valence-corrected chi connectivity index (χ0v) is 15.5. The zero-order valence-electron chi connectivity index (χ0n) is 15.5. The maximum atomic E-state index is 9.93. The number of rotatable bonds is 4. The first-order valence-corrected chi connectivity index (χ1v) is 9.01. The van der Waals surface area contributed by atoms with Gasteiger partial charge in [0.1, 0.15) is 23.1 Å². The topological polar surface area (TPSA) is 84.2 Å². The Balaban J connectivity index is 1.90. The summed E-state index contributed by atoms with van der Waals surface area (Å²) >= 11 is 0. The number of aromatic nitrogens is 3. The summed E-state index contributed by atoms with van der Waals surface area (Å²) in [6.07, 6.45) is 1.71. The molecule has 140 valence electrons. The van der Waals surface area contributed by atoms with Crippen LogP contribution in [0.4, 0.5) is 5.82 Å². The zero-order chi connectivity index (χ0) is 19.3. The first kappa shape index (κ1) is 17.9. The van der Waals surface area contributed by atoms with E-state index < -0.39 is 0 Å². The van der Waals surface area contributed by atoms with Crippen LogP contribution in [0.1, 0.15) is 5.56 Å². The Hall–Kier alpha value is -3.50. The molecule has 0 unspecified atom stereocenters. The summed E-state index contributed by atoms with van der Waals surface area (Å²) in [5.41, 5.74) is 2.52. The van der Waals surface area contributed by atoms with E-state index in [9.17, 15) is 5.26 Å². The third-order valence-corrected chi connectivity index (χ3v) is 4.57. The summed E-state index contributed by atoms with van der Waals surface area (Å²) in [6, 6.07) is 15.4. The number of anilines is 1. The van der Waals surface area contributed by atoms with Crippen LogP contribution in [0, 0.1) is 11.3 Å². The van der Waals surface area contributed by atoms with Gasteiger partial charge in [-0.15, -0.1) is 0 Å². The minimum atomic E-state index is 0.451. The van der Waals surface area contributed by atoms with Crippen molar-refractivity contribution in [2.75, 3.05) is 38.3 Å². The van der Waals surface area contributed by atoms with Crippen LogP contribution >= 0.6 is 0 Å². The van der Waals surface area contributed by atoms with Gasteiger partial charge in [0.15, 0.2) is 11.6 Å². The van der Waals surface area contributed by atoms with Crippen LogP contribution in [0.5, 0.6) is 5.75 Å². The molecule has 7 nitrogen and oxygen atoms in total. The van der Waals surface area contributed by atoms with Gasteiger partial charge >= 0.3 is 0 Å². The van der Waals surface area contributed by atoms with Crippen molar-refractivity contribution in [2.24, 2.45) is 0 Å². The molecule has 0 N–H and O–H groups in total. The van der Waals surface area contributed by atoms with Crippen LogP contribution in [0.2, 0.25) is 0 Å². The second-order valence-corrected chi connectivity index (χ2v) is 6.25. The molecule has 1 aliphatic heterocycles. The lowest BCUT2D eigenvalue weighted by Crippen LogP contribution is -2.37. The molecule has 0 atom stereocenters. The fourth-order valence-electron chi connectivity index (χ4n) is 3.12. The quantitative estimate of drug-likeness (QED) is 0.695. The lowest BCUT2D eigenvalue weighted by atomic mass is 10.1. The smallest absolute Gasteiger partial charge is 0.180 e. The van der Waals surface area contributed by atoms with Gasteiger partial charge in [-0.05, 0) is 36.4 Å². The Kier molecular flexibility index (Phi) is 5.13. The van der Waals surface area contributed by atoms with Crippen molar-refractivity contribution < 1.29 is 9.47 Å². The number of nitrogens with zero attached hydrogens (tertiary/aromatic N) is 5. The van der Waals surface area contributed by atoms with E-state index in [2.05, 4.69) is 16.0 Å². The standard InChI is InChI=1S/C21H19N5O2/c1-27-16-7-5-15(6-8-16)19-17(14-22)21(26-10-12-28-13-11-26)25-20(24-19)18-4-2-3-9-23-18/h2-9H,10-13H2,1H3. The van der Waals surface area contributed by atoms with Crippen molar-refractivity contribution in [2.45, 2.75) is 0 Å². The Bertz CT molecular complexity index is 994. The second kappa shape index (κ2) is 8.03. The number of nitriles is 1. The Labute approximate surface area is 163 Å². The van der Waals surface area contributed by atoms with Crippen LogP contribution in [0.25, 0.3) is 22.8 Å². The van der Waals surface area contributed by atoms with Crippen molar-refractivity contribution in [1.82, 2.24) is 15.0 Å². The molecular formula is C21H19N5O2. The monoisotopic (exact) mass is 373 g/mol. The summed E-state index contributed by atoms with van der Waals surface area (Å²) in [7, 11) is 1.62. The molecule has 0 saturated carbocycles. The molecule has 0 amide bonds. The predicted molar refractivity (Wildman–Crippen MR) is 105 cm³/mol. The van der Waals surface area contributed by atoms with Gasteiger partial charge in [-0.25, -0.2) is 9.97 Å². The molecule has 0 spiro atoms. The fourth-order valence-corrected chi connectivity index (χ4v) is 3.12. The Morgan fingerprint density at radius 1 is 1.07 bits per heavy atom. The average Bonchev–Trinajstić information content (AvgIpc) is 2.79. The van der Waals surface area contributed by atoms with Crippen molar-refractivity contribution >= 4 is 5.82 Å². The van der Waals surface area contributed by atoms with Crippen molar-refractivity contribution in [3.8, 4) is 34.6 Å². The number of pyridine rings is 1. The number of morpholine rings is 1. The van der Waals surface area contributed by atoms with Crippen LogP contribution in [0.3, 0.4) is 0 Å². The third kappa shape index (κ3) is 3.50. The summed E-state index contributed by atoms with van der Waals surface area (Å²) < 4.78 is 10.7. The number of hydrogen-bond acceptors (Lipinski definition) is 7. The molecule has 7 heteroatoms. The van der Waals surface area contributed by atoms with Crippen molar-refractivity contribution in [1.29, 1.82) is 5.26 Å². The van der Waals surface area contributed by atoms with Gasteiger partial charge < -0.3 is 14.4 Å². The van der Waals surface area contributed by atoms with E-state index in [1.165, 1.54) is 0 Å². The highest BCUT2D eigenvalue weighted by Gasteiger charge is 2.23. The highest BCUT2D eigenvalue weighted by Crippen LogP contribution is 2.31. The maximum Gasteiger partial charge on any atom is 0.180 e. The van der Waals surface area contributed by atoms with Crippen LogP contribution in [-0.2, 0) is 4.74 Å². The van der Waals surface area contributed by atoms with Gasteiger partial charge in [-0.3, -0.25) is 4.98 Å². The summed E-state index contributed by atoms with van der Waals surface area (Å²) in [5.74, 6) is 1.86. The molecule has 0 radical (unpaired) electrons. The highest BCUT2D eigenvalue weighted by molar-refractivity contribution is 5.76. The van der Waals surface area contributed by atoms with E-state index in [0.717, 1.165) is 11.3 Å². The van der Waals surface area contributed by atoms with E-state index in [4.69, 9.17) is 19.4 Å². The predicted octanol–water partition coefficient (Wildman–Crippen LogP) is 2.92. The summed E-state index contributed by atoms with van der Waals surface area (Å²) in [5, 5.41) is 9.93. The minimum Gasteiger partial charge on any atom is -0.497 e. The Morgan fingerprint density at radius 2 is 1.86 bits per heavy atom. The van der Waals surface area contributed by atoms with Crippen molar-refractivity contribution in [3.05, 3.63) is 54.2 Å². The molecule has 4 rings (SSSR count). The van der Waals surface area contributed by atoms with Gasteiger partial charge in [-0.2, -0.15) is 5.26 Å². The van der Waals surface area contributed by atoms with E-state index in [-0.39, 0.29) is 0 Å². The molecule has 1 aromatic carbocycles. The molecule has 1 saturated heterocycles. The van der Waals surface area contributed by atoms with E-state index >= 15 is 0 Å². The number of benzene rings is 1. The fraction of sp³-hybridized carbons (Fsp3) is 0.238. The molecule has 3 aromatic rings. The summed E-state index contributed by atoms with van der Waals surface area (Å²) in [6.45, 7) is 2.56. The number of methoxy groups -OCH3 is 1. The largest absolute Gasteiger partial charge is 0.497 e.